The van der Waals surface area contributed by atoms with Gasteiger partial charge in [0.1, 0.15) is 0 Å². The Labute approximate surface area is 222 Å². The van der Waals surface area contributed by atoms with Gasteiger partial charge in [-0.15, -0.1) is 16.8 Å². The number of halogens is 1. The summed E-state index contributed by atoms with van der Waals surface area (Å²) in [5.41, 5.74) is 4.59. The lowest BCUT2D eigenvalue weighted by Gasteiger charge is -2.12. The molecule has 1 atom stereocenters. The fourth-order valence-corrected chi connectivity index (χ4v) is 4.66. The highest BCUT2D eigenvalue weighted by molar-refractivity contribution is 14.1. The Morgan fingerprint density at radius 1 is 1.14 bits per heavy atom. The number of allylic oxidation sites excluding steroid dienone is 1. The summed E-state index contributed by atoms with van der Waals surface area (Å²) in [6, 6.07) is 22.2. The van der Waals surface area contributed by atoms with Crippen LogP contribution in [0.1, 0.15) is 18.3 Å². The number of hydrazone groups is 1. The summed E-state index contributed by atoms with van der Waals surface area (Å²) in [6.45, 7) is 6.73. The van der Waals surface area contributed by atoms with E-state index in [1.807, 2.05) is 78.2 Å². The number of carbonyl (C=O) groups excluding carboxylic acids is 1. The molecule has 1 amide bonds. The van der Waals surface area contributed by atoms with Gasteiger partial charge in [0.2, 0.25) is 0 Å². The first-order valence-corrected chi connectivity index (χ1v) is 13.0. The summed E-state index contributed by atoms with van der Waals surface area (Å²) in [7, 11) is 0. The Balaban J connectivity index is 1.38. The molecule has 1 aromatic heterocycles. The largest absolute Gasteiger partial charge is 0.378 e. The lowest BCUT2D eigenvalue weighted by atomic mass is 10.1. The van der Waals surface area contributed by atoms with E-state index in [9.17, 15) is 4.79 Å². The highest BCUT2D eigenvalue weighted by atomic mass is 127. The van der Waals surface area contributed by atoms with Gasteiger partial charge in [0.25, 0.3) is 5.91 Å². The molecule has 0 radical (unpaired) electrons. The number of rotatable bonds is 10. The first-order valence-electron chi connectivity index (χ1n) is 11.0. The maximum atomic E-state index is 12.7. The van der Waals surface area contributed by atoms with Gasteiger partial charge in [0, 0.05) is 21.4 Å². The fraction of sp³-hybridized carbons (Fsp3) is 0.154. The van der Waals surface area contributed by atoms with E-state index in [-0.39, 0.29) is 5.91 Å². The van der Waals surface area contributed by atoms with Crippen LogP contribution >= 0.6 is 34.4 Å². The van der Waals surface area contributed by atoms with Gasteiger partial charge in [-0.25, -0.2) is 5.43 Å². The zero-order chi connectivity index (χ0) is 24.6. The third kappa shape index (κ3) is 6.49. The van der Waals surface area contributed by atoms with Crippen LogP contribution in [0.2, 0.25) is 0 Å². The lowest BCUT2D eigenvalue weighted by Crippen LogP contribution is -2.27. The third-order valence-corrected chi connectivity index (χ3v) is 7.05. The van der Waals surface area contributed by atoms with Crippen LogP contribution in [0.5, 0.6) is 0 Å². The summed E-state index contributed by atoms with van der Waals surface area (Å²) in [6.07, 6.45) is 3.47. The number of carbonyl (C=O) groups is 1. The van der Waals surface area contributed by atoms with Gasteiger partial charge >= 0.3 is 0 Å². The molecular weight excluding hydrogens is 571 g/mol. The molecule has 35 heavy (non-hydrogen) atoms. The van der Waals surface area contributed by atoms with E-state index < -0.39 is 5.25 Å². The summed E-state index contributed by atoms with van der Waals surface area (Å²) in [4.78, 5) is 12.7. The summed E-state index contributed by atoms with van der Waals surface area (Å²) in [5.74, 6) is 0.561. The summed E-state index contributed by atoms with van der Waals surface area (Å²) >= 11 is 3.62. The Morgan fingerprint density at radius 2 is 1.91 bits per heavy atom. The fourth-order valence-electron chi connectivity index (χ4n) is 3.43. The molecule has 0 aliphatic carbocycles. The Morgan fingerprint density at radius 3 is 2.71 bits per heavy atom. The maximum absolute atomic E-state index is 12.7. The number of hydrogen-bond acceptors (Lipinski definition) is 6. The topological polar surface area (TPSA) is 84.2 Å². The zero-order valence-corrected chi connectivity index (χ0v) is 22.2. The van der Waals surface area contributed by atoms with E-state index in [2.05, 4.69) is 55.2 Å². The molecule has 3 aromatic carbocycles. The zero-order valence-electron chi connectivity index (χ0n) is 19.2. The molecule has 0 fully saturated rings. The molecule has 2 N–H and O–H groups in total. The van der Waals surface area contributed by atoms with Crippen molar-refractivity contribution in [3.8, 4) is 0 Å². The Bertz CT molecular complexity index is 1350. The predicted molar refractivity (Wildman–Crippen MR) is 152 cm³/mol. The van der Waals surface area contributed by atoms with Crippen molar-refractivity contribution >= 4 is 62.9 Å². The molecule has 1 unspecified atom stereocenters. The van der Waals surface area contributed by atoms with Crippen molar-refractivity contribution in [2.24, 2.45) is 5.10 Å². The number of amides is 1. The molecule has 9 heteroatoms. The van der Waals surface area contributed by atoms with E-state index in [1.54, 1.807) is 12.3 Å². The number of nitrogens with zero attached hydrogens (tertiary/aromatic N) is 4. The average Bonchev–Trinajstić information content (AvgIpc) is 3.25. The van der Waals surface area contributed by atoms with Crippen molar-refractivity contribution in [3.05, 3.63) is 94.3 Å². The maximum Gasteiger partial charge on any atom is 0.253 e. The monoisotopic (exact) mass is 596 g/mol. The quantitative estimate of drug-likeness (QED) is 0.0835. The van der Waals surface area contributed by atoms with Crippen molar-refractivity contribution < 1.29 is 4.79 Å². The predicted octanol–water partition coefficient (Wildman–Crippen LogP) is 5.46. The van der Waals surface area contributed by atoms with Crippen molar-refractivity contribution in [2.45, 2.75) is 30.4 Å². The lowest BCUT2D eigenvalue weighted by molar-refractivity contribution is -0.120. The van der Waals surface area contributed by atoms with E-state index >= 15 is 0 Å². The third-order valence-electron chi connectivity index (χ3n) is 5.25. The number of benzene rings is 3. The molecule has 0 bridgehead atoms. The molecule has 0 saturated carbocycles. The van der Waals surface area contributed by atoms with Crippen molar-refractivity contribution in [2.75, 3.05) is 5.32 Å². The van der Waals surface area contributed by atoms with Crippen molar-refractivity contribution in [3.63, 3.8) is 0 Å². The second-order valence-corrected chi connectivity index (χ2v) is 10.3. The molecule has 7 nitrogen and oxygen atoms in total. The van der Waals surface area contributed by atoms with Crippen LogP contribution in [-0.4, -0.2) is 32.1 Å². The van der Waals surface area contributed by atoms with E-state index in [4.69, 9.17) is 0 Å². The van der Waals surface area contributed by atoms with Gasteiger partial charge in [-0.1, -0.05) is 60.3 Å². The highest BCUT2D eigenvalue weighted by Gasteiger charge is 2.19. The van der Waals surface area contributed by atoms with Gasteiger partial charge in [-0.2, -0.15) is 5.10 Å². The van der Waals surface area contributed by atoms with Crippen molar-refractivity contribution in [1.82, 2.24) is 20.2 Å². The molecule has 178 valence electrons. The normalized spacial score (nSPS) is 12.1. The molecule has 4 rings (SSSR count). The minimum atomic E-state index is -0.413. The van der Waals surface area contributed by atoms with Gasteiger partial charge in [0.15, 0.2) is 11.0 Å². The number of aromatic nitrogens is 3. The van der Waals surface area contributed by atoms with Crippen molar-refractivity contribution in [1.29, 1.82) is 0 Å². The summed E-state index contributed by atoms with van der Waals surface area (Å²) < 4.78 is 3.14. The van der Waals surface area contributed by atoms with Gasteiger partial charge in [-0.3, -0.25) is 4.79 Å². The molecule has 4 aromatic rings. The van der Waals surface area contributed by atoms with E-state index in [0.29, 0.717) is 18.2 Å². The molecular formula is C26H25IN6OS. The molecule has 0 aliphatic heterocycles. The van der Waals surface area contributed by atoms with Gasteiger partial charge in [-0.05, 0) is 64.6 Å². The Hall–Kier alpha value is -3.18. The van der Waals surface area contributed by atoms with Gasteiger partial charge < -0.3 is 9.88 Å². The molecule has 1 heterocycles. The second kappa shape index (κ2) is 12.0. The number of hydrogen-bond donors (Lipinski definition) is 2. The number of fused-ring (bicyclic) bond motifs is 1. The number of nitrogens with one attached hydrogen (secondary N) is 2. The van der Waals surface area contributed by atoms with Crippen LogP contribution in [-0.2, 0) is 17.9 Å². The van der Waals surface area contributed by atoms with Crippen LogP contribution < -0.4 is 10.7 Å². The SMILES string of the molecule is C=CCn1c(CNc2ccc(I)cc2)nnc1SC(C)C(=O)N/N=C/c1cccc2ccccc12. The summed E-state index contributed by atoms with van der Waals surface area (Å²) in [5, 5.41) is 18.6. The van der Waals surface area contributed by atoms with E-state index in [0.717, 1.165) is 27.8 Å². The highest BCUT2D eigenvalue weighted by Crippen LogP contribution is 2.23. The first kappa shape index (κ1) is 24.9. The second-order valence-electron chi connectivity index (χ2n) is 7.72. The molecule has 0 saturated heterocycles. The average molecular weight is 596 g/mol. The van der Waals surface area contributed by atoms with Crippen LogP contribution in [0, 0.1) is 3.57 Å². The van der Waals surface area contributed by atoms with Crippen LogP contribution in [0.4, 0.5) is 5.69 Å². The van der Waals surface area contributed by atoms with E-state index in [1.165, 1.54) is 15.3 Å². The van der Waals surface area contributed by atoms with Gasteiger partial charge in [0.05, 0.1) is 18.0 Å². The van der Waals surface area contributed by atoms with Crippen LogP contribution in [0.3, 0.4) is 0 Å². The number of thioether (sulfide) groups is 1. The number of anilines is 1. The minimum absolute atomic E-state index is 0.210. The first-order chi connectivity index (χ1) is 17.0. The van der Waals surface area contributed by atoms with Crippen LogP contribution in [0.15, 0.2) is 89.6 Å². The Kier molecular flexibility index (Phi) is 8.54. The van der Waals surface area contributed by atoms with Crippen LogP contribution in [0.25, 0.3) is 10.8 Å². The molecule has 0 spiro atoms. The minimum Gasteiger partial charge on any atom is -0.378 e. The standard InChI is InChI=1S/C26H25IN6OS/c1-3-15-33-24(17-28-22-13-11-21(27)12-14-22)30-32-26(33)35-18(2)25(34)31-29-16-20-9-6-8-19-7-4-5-10-23(19)20/h3-14,16,18,28H,1,15,17H2,2H3,(H,31,34)/b29-16+. The smallest absolute Gasteiger partial charge is 0.253 e. The molecule has 0 aliphatic rings.